The van der Waals surface area contributed by atoms with Crippen LogP contribution in [-0.4, -0.2) is 61.7 Å². The number of piperazine rings is 1. The number of benzene rings is 2. The summed E-state index contributed by atoms with van der Waals surface area (Å²) in [5, 5.41) is 4.07. The highest BCUT2D eigenvalue weighted by atomic mass is 79.9. The van der Waals surface area contributed by atoms with E-state index in [1.54, 1.807) is 11.3 Å². The van der Waals surface area contributed by atoms with Crippen LogP contribution in [0.3, 0.4) is 0 Å². The van der Waals surface area contributed by atoms with E-state index in [-0.39, 0.29) is 5.91 Å². The van der Waals surface area contributed by atoms with Crippen molar-refractivity contribution in [2.75, 3.05) is 50.8 Å². The zero-order chi connectivity index (χ0) is 20.9. The van der Waals surface area contributed by atoms with E-state index in [0.717, 1.165) is 58.3 Å². The quantitative estimate of drug-likeness (QED) is 0.544. The van der Waals surface area contributed by atoms with Crippen molar-refractivity contribution in [3.8, 4) is 5.75 Å². The van der Waals surface area contributed by atoms with E-state index < -0.39 is 0 Å². The van der Waals surface area contributed by atoms with Crippen molar-refractivity contribution in [3.63, 3.8) is 0 Å². The number of carbonyl (C=O) groups excluding carboxylic acids is 1. The third kappa shape index (κ3) is 4.77. The standard InChI is InChI=1S/C22H25BrN4O2S/c1-2-29-18-8-5-9-19-20(18)25-22(30-19)27-14-12-26(13-15-27)11-10-24-21(28)16-6-3-4-7-17(16)23/h3-9H,2,10-15H2,1H3,(H,24,28). The van der Waals surface area contributed by atoms with Gasteiger partial charge in [0.15, 0.2) is 5.13 Å². The molecule has 1 N–H and O–H groups in total. The lowest BCUT2D eigenvalue weighted by Gasteiger charge is -2.34. The summed E-state index contributed by atoms with van der Waals surface area (Å²) in [7, 11) is 0. The molecule has 0 saturated carbocycles. The molecule has 0 aliphatic carbocycles. The van der Waals surface area contributed by atoms with Crippen molar-refractivity contribution in [1.29, 1.82) is 0 Å². The van der Waals surface area contributed by atoms with E-state index in [9.17, 15) is 4.79 Å². The fourth-order valence-corrected chi connectivity index (χ4v) is 5.05. The van der Waals surface area contributed by atoms with Crippen LogP contribution in [0, 0.1) is 0 Å². The number of para-hydroxylation sites is 1. The SMILES string of the molecule is CCOc1cccc2sc(N3CCN(CCNC(=O)c4ccccc4Br)CC3)nc12. The second-order valence-electron chi connectivity index (χ2n) is 7.10. The van der Waals surface area contributed by atoms with Crippen LogP contribution >= 0.6 is 27.3 Å². The maximum absolute atomic E-state index is 12.3. The summed E-state index contributed by atoms with van der Waals surface area (Å²) < 4.78 is 7.70. The number of fused-ring (bicyclic) bond motifs is 1. The van der Waals surface area contributed by atoms with Crippen molar-refractivity contribution in [2.24, 2.45) is 0 Å². The first kappa shape index (κ1) is 21.1. The summed E-state index contributed by atoms with van der Waals surface area (Å²) in [6.45, 7) is 7.90. The summed E-state index contributed by atoms with van der Waals surface area (Å²) in [5.41, 5.74) is 1.63. The van der Waals surface area contributed by atoms with Gasteiger partial charge in [-0.25, -0.2) is 4.98 Å². The van der Waals surface area contributed by atoms with Crippen LogP contribution in [0.1, 0.15) is 17.3 Å². The molecule has 1 amide bonds. The first-order chi connectivity index (χ1) is 14.7. The highest BCUT2D eigenvalue weighted by molar-refractivity contribution is 9.10. The number of ether oxygens (including phenoxy) is 1. The topological polar surface area (TPSA) is 57.7 Å². The molecule has 4 rings (SSSR count). The lowest BCUT2D eigenvalue weighted by Crippen LogP contribution is -2.48. The van der Waals surface area contributed by atoms with Crippen LogP contribution in [0.5, 0.6) is 5.75 Å². The lowest BCUT2D eigenvalue weighted by molar-refractivity contribution is 0.0947. The van der Waals surface area contributed by atoms with E-state index in [2.05, 4.69) is 37.1 Å². The minimum atomic E-state index is -0.0410. The number of anilines is 1. The Balaban J connectivity index is 1.28. The molecular weight excluding hydrogens is 464 g/mol. The van der Waals surface area contributed by atoms with Gasteiger partial charge in [0.25, 0.3) is 5.91 Å². The second kappa shape index (κ2) is 9.76. The van der Waals surface area contributed by atoms with Crippen molar-refractivity contribution in [2.45, 2.75) is 6.92 Å². The minimum absolute atomic E-state index is 0.0410. The Hall–Kier alpha value is -2.16. The van der Waals surface area contributed by atoms with E-state index in [0.29, 0.717) is 18.7 Å². The number of carbonyl (C=O) groups is 1. The van der Waals surface area contributed by atoms with Gasteiger partial charge in [-0.1, -0.05) is 29.5 Å². The van der Waals surface area contributed by atoms with Gasteiger partial charge in [-0.15, -0.1) is 0 Å². The molecule has 1 aliphatic heterocycles. The molecule has 30 heavy (non-hydrogen) atoms. The van der Waals surface area contributed by atoms with E-state index in [1.165, 1.54) is 0 Å². The van der Waals surface area contributed by atoms with Crippen LogP contribution in [0.4, 0.5) is 5.13 Å². The Morgan fingerprint density at radius 3 is 2.73 bits per heavy atom. The van der Waals surface area contributed by atoms with E-state index in [1.807, 2.05) is 43.3 Å². The number of thiazole rings is 1. The molecule has 158 valence electrons. The number of hydrogen-bond acceptors (Lipinski definition) is 6. The van der Waals surface area contributed by atoms with Gasteiger partial charge in [-0.2, -0.15) is 0 Å². The van der Waals surface area contributed by atoms with E-state index >= 15 is 0 Å². The van der Waals surface area contributed by atoms with Gasteiger partial charge in [0.2, 0.25) is 0 Å². The molecule has 0 atom stereocenters. The minimum Gasteiger partial charge on any atom is -0.492 e. The summed E-state index contributed by atoms with van der Waals surface area (Å²) >= 11 is 5.15. The predicted molar refractivity (Wildman–Crippen MR) is 126 cm³/mol. The maximum Gasteiger partial charge on any atom is 0.252 e. The monoisotopic (exact) mass is 488 g/mol. The first-order valence-corrected chi connectivity index (χ1v) is 11.8. The molecule has 0 spiro atoms. The summed E-state index contributed by atoms with van der Waals surface area (Å²) in [5.74, 6) is 0.817. The first-order valence-electron chi connectivity index (χ1n) is 10.2. The molecule has 1 fully saturated rings. The molecule has 3 aromatic rings. The van der Waals surface area contributed by atoms with Gasteiger partial charge in [0.05, 0.1) is 16.9 Å². The van der Waals surface area contributed by atoms with Gasteiger partial charge in [0.1, 0.15) is 11.3 Å². The smallest absolute Gasteiger partial charge is 0.252 e. The molecule has 0 unspecified atom stereocenters. The zero-order valence-electron chi connectivity index (χ0n) is 16.9. The zero-order valence-corrected chi connectivity index (χ0v) is 19.3. The van der Waals surface area contributed by atoms with Crippen LogP contribution in [-0.2, 0) is 0 Å². The number of aromatic nitrogens is 1. The Bertz CT molecular complexity index is 1020. The Morgan fingerprint density at radius 1 is 1.17 bits per heavy atom. The van der Waals surface area contributed by atoms with Crippen molar-refractivity contribution >= 4 is 48.5 Å². The second-order valence-corrected chi connectivity index (χ2v) is 8.96. The molecule has 1 saturated heterocycles. The number of rotatable bonds is 7. The van der Waals surface area contributed by atoms with Crippen molar-refractivity contribution < 1.29 is 9.53 Å². The average molecular weight is 489 g/mol. The number of hydrogen-bond donors (Lipinski definition) is 1. The van der Waals surface area contributed by atoms with Gasteiger partial charge >= 0.3 is 0 Å². The molecule has 1 aromatic heterocycles. The summed E-state index contributed by atoms with van der Waals surface area (Å²) in [6.07, 6.45) is 0. The third-order valence-corrected chi connectivity index (χ3v) is 6.92. The number of nitrogens with one attached hydrogen (secondary N) is 1. The third-order valence-electron chi connectivity index (χ3n) is 5.15. The van der Waals surface area contributed by atoms with Gasteiger partial charge in [-0.05, 0) is 47.1 Å². The highest BCUT2D eigenvalue weighted by Gasteiger charge is 2.21. The van der Waals surface area contributed by atoms with Crippen molar-refractivity contribution in [1.82, 2.24) is 15.2 Å². The van der Waals surface area contributed by atoms with Crippen molar-refractivity contribution in [3.05, 3.63) is 52.5 Å². The Kier molecular flexibility index (Phi) is 6.86. The molecule has 0 radical (unpaired) electrons. The number of halogens is 1. The molecule has 2 heterocycles. The highest BCUT2D eigenvalue weighted by Crippen LogP contribution is 2.34. The van der Waals surface area contributed by atoms with Gasteiger partial charge in [0, 0.05) is 43.7 Å². The molecule has 6 nitrogen and oxygen atoms in total. The normalized spacial score (nSPS) is 14.8. The largest absolute Gasteiger partial charge is 0.492 e. The van der Waals surface area contributed by atoms with Crippen LogP contribution in [0.25, 0.3) is 10.2 Å². The summed E-state index contributed by atoms with van der Waals surface area (Å²) in [4.78, 5) is 21.9. The van der Waals surface area contributed by atoms with Crippen LogP contribution in [0.15, 0.2) is 46.9 Å². The van der Waals surface area contributed by atoms with Gasteiger partial charge in [-0.3, -0.25) is 9.69 Å². The predicted octanol–water partition coefficient (Wildman–Crippen LogP) is 4.01. The Labute approximate surface area is 189 Å². The van der Waals surface area contributed by atoms with E-state index in [4.69, 9.17) is 9.72 Å². The molecule has 8 heteroatoms. The fourth-order valence-electron chi connectivity index (χ4n) is 3.55. The van der Waals surface area contributed by atoms with Crippen LogP contribution < -0.4 is 15.0 Å². The average Bonchev–Trinajstić information content (AvgIpc) is 3.20. The van der Waals surface area contributed by atoms with Gasteiger partial charge < -0.3 is 15.0 Å². The number of amides is 1. The summed E-state index contributed by atoms with van der Waals surface area (Å²) in [6, 6.07) is 13.6. The molecule has 0 bridgehead atoms. The Morgan fingerprint density at radius 2 is 1.97 bits per heavy atom. The molecule has 1 aliphatic rings. The fraction of sp³-hybridized carbons (Fsp3) is 0.364. The lowest BCUT2D eigenvalue weighted by atomic mass is 10.2. The molecular formula is C22H25BrN4O2S. The molecule has 2 aromatic carbocycles. The maximum atomic E-state index is 12.3. The van der Waals surface area contributed by atoms with Crippen LogP contribution in [0.2, 0.25) is 0 Å². The number of nitrogens with zero attached hydrogens (tertiary/aromatic N) is 3.